The van der Waals surface area contributed by atoms with Crippen LogP contribution in [0.3, 0.4) is 0 Å². The van der Waals surface area contributed by atoms with E-state index in [1.807, 2.05) is 11.8 Å². The topological polar surface area (TPSA) is 8.17 Å². The third kappa shape index (κ3) is 4.28. The molecular weight excluding hydrogens is 565 g/mol. The van der Waals surface area contributed by atoms with Crippen LogP contribution in [0.4, 0.5) is 17.1 Å². The van der Waals surface area contributed by atoms with E-state index in [0.717, 1.165) is 11.4 Å². The second kappa shape index (κ2) is 10.6. The van der Waals surface area contributed by atoms with Gasteiger partial charge in [-0.05, 0) is 76.9 Å². The minimum Gasteiger partial charge on any atom is -0.310 e. The number of fused-ring (bicyclic) bond motifs is 5. The lowest BCUT2D eigenvalue weighted by atomic mass is 10.0. The Kier molecular flexibility index (Phi) is 6.10. The number of aromatic nitrogens is 1. The third-order valence-corrected chi connectivity index (χ3v) is 9.90. The molecule has 0 fully saturated rings. The molecule has 212 valence electrons. The van der Waals surface area contributed by atoms with Gasteiger partial charge in [-0.3, -0.25) is 0 Å². The Morgan fingerprint density at radius 2 is 0.956 bits per heavy atom. The van der Waals surface area contributed by atoms with Crippen LogP contribution in [0.1, 0.15) is 0 Å². The molecule has 1 aliphatic rings. The highest BCUT2D eigenvalue weighted by atomic mass is 32.2. The smallest absolute Gasteiger partial charge is 0.0702 e. The number of hydrogen-bond donors (Lipinski definition) is 0. The Balaban J connectivity index is 1.28. The van der Waals surface area contributed by atoms with Crippen molar-refractivity contribution in [2.45, 2.75) is 9.79 Å². The summed E-state index contributed by atoms with van der Waals surface area (Å²) in [4.78, 5) is 4.98. The first-order valence-electron chi connectivity index (χ1n) is 15.3. The van der Waals surface area contributed by atoms with Crippen LogP contribution < -0.4 is 4.90 Å². The van der Waals surface area contributed by atoms with E-state index in [4.69, 9.17) is 0 Å². The van der Waals surface area contributed by atoms with Gasteiger partial charge in [-0.1, -0.05) is 127 Å². The quantitative estimate of drug-likeness (QED) is 0.196. The predicted molar refractivity (Wildman–Crippen MR) is 190 cm³/mol. The van der Waals surface area contributed by atoms with Crippen molar-refractivity contribution < 1.29 is 0 Å². The molecule has 2 heterocycles. The second-order valence-electron chi connectivity index (χ2n) is 11.4. The van der Waals surface area contributed by atoms with Gasteiger partial charge in [0.2, 0.25) is 0 Å². The predicted octanol–water partition coefficient (Wildman–Crippen LogP) is 12.1. The zero-order valence-corrected chi connectivity index (χ0v) is 25.3. The summed E-state index contributed by atoms with van der Waals surface area (Å²) >= 11 is 1.86. The molecule has 0 amide bonds. The zero-order chi connectivity index (χ0) is 29.7. The maximum atomic E-state index is 2.46. The number of benzene rings is 7. The third-order valence-electron chi connectivity index (χ3n) is 8.79. The van der Waals surface area contributed by atoms with Crippen molar-refractivity contribution in [3.8, 4) is 27.9 Å². The number of anilines is 3. The Morgan fingerprint density at radius 3 is 1.60 bits per heavy atom. The van der Waals surface area contributed by atoms with E-state index >= 15 is 0 Å². The van der Waals surface area contributed by atoms with Crippen molar-refractivity contribution in [3.63, 3.8) is 0 Å². The maximum absolute atomic E-state index is 2.46. The largest absolute Gasteiger partial charge is 0.310 e. The summed E-state index contributed by atoms with van der Waals surface area (Å²) in [6.07, 6.45) is 0. The van der Waals surface area contributed by atoms with Crippen LogP contribution >= 0.6 is 11.8 Å². The van der Waals surface area contributed by atoms with Crippen LogP contribution in [0.15, 0.2) is 180 Å². The van der Waals surface area contributed by atoms with Crippen molar-refractivity contribution in [2.75, 3.05) is 4.90 Å². The van der Waals surface area contributed by atoms with Gasteiger partial charge in [-0.2, -0.15) is 0 Å². The standard InChI is InChI=1S/C42H28N2S/c1-3-11-29(12-4-1)31-19-23-33(24-20-31)43(34-25-21-32(22-26-34)30-13-5-2-6-14-30)38-27-28-40-42-41(38)35-15-7-8-16-36(35)44(42)37-17-9-10-18-39(37)45-40/h1-28H. The van der Waals surface area contributed by atoms with Gasteiger partial charge in [0.1, 0.15) is 0 Å². The highest BCUT2D eigenvalue weighted by molar-refractivity contribution is 7.99. The first-order valence-corrected chi connectivity index (χ1v) is 16.1. The van der Waals surface area contributed by atoms with Crippen LogP contribution in [0.2, 0.25) is 0 Å². The molecule has 9 rings (SSSR count). The molecule has 1 aromatic heterocycles. The van der Waals surface area contributed by atoms with Gasteiger partial charge < -0.3 is 9.47 Å². The molecule has 0 atom stereocenters. The van der Waals surface area contributed by atoms with Crippen LogP contribution in [0.25, 0.3) is 49.7 Å². The van der Waals surface area contributed by atoms with Gasteiger partial charge in [0.05, 0.1) is 22.4 Å². The molecule has 0 saturated carbocycles. The molecule has 0 aliphatic carbocycles. The highest BCUT2D eigenvalue weighted by Crippen LogP contribution is 2.51. The number of para-hydroxylation sites is 2. The minimum atomic E-state index is 1.12. The number of nitrogens with zero attached hydrogens (tertiary/aromatic N) is 2. The Hall–Kier alpha value is -5.51. The monoisotopic (exact) mass is 592 g/mol. The summed E-state index contributed by atoms with van der Waals surface area (Å²) in [6, 6.07) is 61.3. The molecule has 0 unspecified atom stereocenters. The van der Waals surface area contributed by atoms with Crippen molar-refractivity contribution in [2.24, 2.45) is 0 Å². The van der Waals surface area contributed by atoms with E-state index in [0.29, 0.717) is 0 Å². The van der Waals surface area contributed by atoms with E-state index in [-0.39, 0.29) is 0 Å². The summed E-state index contributed by atoms with van der Waals surface area (Å²) in [5.41, 5.74) is 12.0. The Bertz CT molecular complexity index is 2240. The average molecular weight is 593 g/mol. The summed E-state index contributed by atoms with van der Waals surface area (Å²) < 4.78 is 2.46. The van der Waals surface area contributed by atoms with Gasteiger partial charge in [0.15, 0.2) is 0 Å². The molecule has 7 aromatic carbocycles. The molecule has 0 N–H and O–H groups in total. The minimum absolute atomic E-state index is 1.12. The van der Waals surface area contributed by atoms with E-state index in [9.17, 15) is 0 Å². The van der Waals surface area contributed by atoms with E-state index < -0.39 is 0 Å². The first kappa shape index (κ1) is 25.9. The second-order valence-corrected chi connectivity index (χ2v) is 12.5. The van der Waals surface area contributed by atoms with Crippen molar-refractivity contribution in [3.05, 3.63) is 170 Å². The molecular formula is C42H28N2S. The molecule has 2 nitrogen and oxygen atoms in total. The lowest BCUT2D eigenvalue weighted by Crippen LogP contribution is -2.11. The fourth-order valence-electron chi connectivity index (χ4n) is 6.71. The van der Waals surface area contributed by atoms with Crippen molar-refractivity contribution in [1.82, 2.24) is 4.57 Å². The van der Waals surface area contributed by atoms with E-state index in [2.05, 4.69) is 179 Å². The first-order chi connectivity index (χ1) is 22.3. The molecule has 0 radical (unpaired) electrons. The van der Waals surface area contributed by atoms with Crippen molar-refractivity contribution in [1.29, 1.82) is 0 Å². The zero-order valence-electron chi connectivity index (χ0n) is 24.5. The van der Waals surface area contributed by atoms with Gasteiger partial charge in [-0.15, -0.1) is 0 Å². The van der Waals surface area contributed by atoms with Gasteiger partial charge >= 0.3 is 0 Å². The summed E-state index contributed by atoms with van der Waals surface area (Å²) in [7, 11) is 0. The van der Waals surface area contributed by atoms with Crippen molar-refractivity contribution >= 4 is 50.6 Å². The Labute approximate surface area is 266 Å². The molecule has 45 heavy (non-hydrogen) atoms. The van der Waals surface area contributed by atoms with Crippen LogP contribution in [-0.4, -0.2) is 4.57 Å². The lowest BCUT2D eigenvalue weighted by Gasteiger charge is -2.28. The van der Waals surface area contributed by atoms with Gasteiger partial charge in [-0.25, -0.2) is 0 Å². The fraction of sp³-hybridized carbons (Fsp3) is 0. The van der Waals surface area contributed by atoms with Gasteiger partial charge in [0, 0.05) is 31.9 Å². The Morgan fingerprint density at radius 1 is 0.422 bits per heavy atom. The molecule has 3 heteroatoms. The maximum Gasteiger partial charge on any atom is 0.0702 e. The fourth-order valence-corrected chi connectivity index (χ4v) is 7.78. The van der Waals surface area contributed by atoms with Crippen LogP contribution in [-0.2, 0) is 0 Å². The van der Waals surface area contributed by atoms with Gasteiger partial charge in [0.25, 0.3) is 0 Å². The summed E-state index contributed by atoms with van der Waals surface area (Å²) in [5.74, 6) is 0. The molecule has 1 aliphatic heterocycles. The van der Waals surface area contributed by atoms with Crippen LogP contribution in [0, 0.1) is 0 Å². The molecule has 0 bridgehead atoms. The number of rotatable bonds is 5. The average Bonchev–Trinajstić information content (AvgIpc) is 3.47. The highest BCUT2D eigenvalue weighted by Gasteiger charge is 2.27. The lowest BCUT2D eigenvalue weighted by molar-refractivity contribution is 1.09. The SMILES string of the molecule is c1ccc(-c2ccc(N(c3ccc(-c4ccccc4)cc3)c3ccc4c5c3c3ccccc3n5-c3ccccc3S4)cc2)cc1. The molecule has 0 spiro atoms. The molecule has 8 aromatic rings. The summed E-state index contributed by atoms with van der Waals surface area (Å²) in [5, 5.41) is 2.53. The van der Waals surface area contributed by atoms with Crippen LogP contribution in [0.5, 0.6) is 0 Å². The summed E-state index contributed by atoms with van der Waals surface area (Å²) in [6.45, 7) is 0. The normalized spacial score (nSPS) is 11.9. The van der Waals surface area contributed by atoms with E-state index in [1.165, 1.54) is 65.2 Å². The number of hydrogen-bond acceptors (Lipinski definition) is 2. The van der Waals surface area contributed by atoms with E-state index in [1.54, 1.807) is 0 Å². The molecule has 0 saturated heterocycles.